The molecule has 1 aromatic heterocycles. The number of hydrogen-bond donors (Lipinski definition) is 0. The van der Waals surface area contributed by atoms with E-state index in [1.807, 2.05) is 25.1 Å². The van der Waals surface area contributed by atoms with Gasteiger partial charge in [-0.2, -0.15) is 0 Å². The van der Waals surface area contributed by atoms with E-state index in [-0.39, 0.29) is 23.0 Å². The molecule has 0 unspecified atom stereocenters. The van der Waals surface area contributed by atoms with E-state index in [4.69, 9.17) is 11.6 Å². The first-order valence-electron chi connectivity index (χ1n) is 9.69. The third-order valence-corrected chi connectivity index (χ3v) is 8.44. The number of aromatic nitrogens is 1. The number of rotatable bonds is 5. The Kier molecular flexibility index (Phi) is 5.99. The zero-order valence-corrected chi connectivity index (χ0v) is 18.9. The summed E-state index contributed by atoms with van der Waals surface area (Å²) in [6.45, 7) is 4.46. The molecule has 0 N–H and O–H groups in total. The van der Waals surface area contributed by atoms with Crippen molar-refractivity contribution >= 4 is 54.6 Å². The van der Waals surface area contributed by atoms with Crippen molar-refractivity contribution in [3.63, 3.8) is 0 Å². The Morgan fingerprint density at radius 1 is 1.13 bits per heavy atom. The van der Waals surface area contributed by atoms with Crippen LogP contribution in [-0.2, 0) is 14.6 Å². The van der Waals surface area contributed by atoms with Crippen molar-refractivity contribution in [2.75, 3.05) is 36.8 Å². The van der Waals surface area contributed by atoms with E-state index in [0.717, 1.165) is 11.3 Å². The lowest BCUT2D eigenvalue weighted by molar-refractivity contribution is -0.131. The summed E-state index contributed by atoms with van der Waals surface area (Å²) < 4.78 is 26.3. The molecule has 0 aliphatic carbocycles. The van der Waals surface area contributed by atoms with Gasteiger partial charge in [-0.1, -0.05) is 29.8 Å². The van der Waals surface area contributed by atoms with Gasteiger partial charge in [0.1, 0.15) is 0 Å². The number of hydrogen-bond acceptors (Lipinski definition) is 6. The average molecular weight is 464 g/mol. The second-order valence-corrected chi connectivity index (χ2v) is 10.6. The van der Waals surface area contributed by atoms with Gasteiger partial charge in [-0.25, -0.2) is 13.4 Å². The van der Waals surface area contributed by atoms with E-state index in [1.165, 1.54) is 11.3 Å². The number of para-hydroxylation sites is 1. The smallest absolute Gasteiger partial charge is 0.223 e. The molecular weight excluding hydrogens is 442 g/mol. The first-order chi connectivity index (χ1) is 14.4. The minimum absolute atomic E-state index is 0.0252. The molecule has 2 aromatic carbocycles. The summed E-state index contributed by atoms with van der Waals surface area (Å²) in [4.78, 5) is 21.0. The van der Waals surface area contributed by atoms with Gasteiger partial charge >= 0.3 is 0 Å². The van der Waals surface area contributed by atoms with Gasteiger partial charge in [-0.15, -0.1) is 11.3 Å². The molecular formula is C21H22ClN3O3S2. The molecule has 0 bridgehead atoms. The summed E-state index contributed by atoms with van der Waals surface area (Å²) in [6, 6.07) is 10.9. The van der Waals surface area contributed by atoms with E-state index in [1.54, 1.807) is 28.6 Å². The van der Waals surface area contributed by atoms with Gasteiger partial charge in [0, 0.05) is 32.6 Å². The van der Waals surface area contributed by atoms with Gasteiger partial charge < -0.3 is 9.80 Å². The van der Waals surface area contributed by atoms with Crippen molar-refractivity contribution in [2.45, 2.75) is 18.2 Å². The standard InChI is InChI=1S/C21H22ClN3O3S2/c1-15-4-2-5-16(22)20(15)25-11-9-24(10-12-25)19(26)8-13-30(27,28)18-7-3-6-17-21(18)29-14-23-17/h2-7,14H,8-13H2,1H3. The highest BCUT2D eigenvalue weighted by Gasteiger charge is 2.26. The lowest BCUT2D eigenvalue weighted by Crippen LogP contribution is -2.49. The van der Waals surface area contributed by atoms with Gasteiger partial charge in [0.2, 0.25) is 5.91 Å². The van der Waals surface area contributed by atoms with Gasteiger partial charge in [0.25, 0.3) is 0 Å². The number of sulfone groups is 1. The first-order valence-corrected chi connectivity index (χ1v) is 12.6. The Morgan fingerprint density at radius 3 is 2.60 bits per heavy atom. The predicted octanol–water partition coefficient (Wildman–Crippen LogP) is 3.77. The molecule has 4 rings (SSSR count). The molecule has 1 fully saturated rings. The first kappa shape index (κ1) is 21.1. The maximum atomic E-state index is 12.8. The number of carbonyl (C=O) groups excluding carboxylic acids is 1. The van der Waals surface area contributed by atoms with Crippen LogP contribution in [0.1, 0.15) is 12.0 Å². The van der Waals surface area contributed by atoms with E-state index in [9.17, 15) is 13.2 Å². The molecule has 1 saturated heterocycles. The van der Waals surface area contributed by atoms with Gasteiger partial charge in [-0.05, 0) is 30.7 Å². The lowest BCUT2D eigenvalue weighted by atomic mass is 10.1. The van der Waals surface area contributed by atoms with E-state index in [2.05, 4.69) is 9.88 Å². The molecule has 1 amide bonds. The lowest BCUT2D eigenvalue weighted by Gasteiger charge is -2.37. The molecule has 1 aliphatic rings. The fourth-order valence-corrected chi connectivity index (χ4v) is 6.70. The SMILES string of the molecule is Cc1cccc(Cl)c1N1CCN(C(=O)CCS(=O)(=O)c2cccc3ncsc23)CC1. The van der Waals surface area contributed by atoms with Crippen LogP contribution in [0.3, 0.4) is 0 Å². The van der Waals surface area contributed by atoms with Crippen molar-refractivity contribution in [2.24, 2.45) is 0 Å². The molecule has 158 valence electrons. The van der Waals surface area contributed by atoms with Crippen molar-refractivity contribution in [3.05, 3.63) is 52.5 Å². The second kappa shape index (κ2) is 8.53. The maximum Gasteiger partial charge on any atom is 0.223 e. The maximum absolute atomic E-state index is 12.8. The summed E-state index contributed by atoms with van der Waals surface area (Å²) in [7, 11) is -3.56. The van der Waals surface area contributed by atoms with E-state index >= 15 is 0 Å². The third-order valence-electron chi connectivity index (χ3n) is 5.38. The van der Waals surface area contributed by atoms with Crippen molar-refractivity contribution in [1.82, 2.24) is 9.88 Å². The Bertz CT molecular complexity index is 1160. The number of anilines is 1. The Balaban J connectivity index is 1.38. The third kappa shape index (κ3) is 4.17. The van der Waals surface area contributed by atoms with Crippen LogP contribution in [-0.4, -0.2) is 56.1 Å². The fraction of sp³-hybridized carbons (Fsp3) is 0.333. The topological polar surface area (TPSA) is 70.6 Å². The summed E-state index contributed by atoms with van der Waals surface area (Å²) in [5.41, 5.74) is 4.41. The Hall–Kier alpha value is -2.16. The monoisotopic (exact) mass is 463 g/mol. The number of piperazine rings is 1. The van der Waals surface area contributed by atoms with Crippen molar-refractivity contribution < 1.29 is 13.2 Å². The molecule has 0 spiro atoms. The van der Waals surface area contributed by atoms with Crippen LogP contribution in [0.4, 0.5) is 5.69 Å². The van der Waals surface area contributed by atoms with Crippen LogP contribution in [0.2, 0.25) is 5.02 Å². The molecule has 0 atom stereocenters. The van der Waals surface area contributed by atoms with Gasteiger partial charge in [0.05, 0.1) is 37.1 Å². The normalized spacial score (nSPS) is 15.0. The van der Waals surface area contributed by atoms with Crippen LogP contribution in [0.5, 0.6) is 0 Å². The average Bonchev–Trinajstić information content (AvgIpc) is 3.21. The second-order valence-electron chi connectivity index (χ2n) is 7.30. The largest absolute Gasteiger partial charge is 0.367 e. The Morgan fingerprint density at radius 2 is 1.87 bits per heavy atom. The number of carbonyl (C=O) groups is 1. The Labute approximate surface area is 185 Å². The number of amides is 1. The number of fused-ring (bicyclic) bond motifs is 1. The van der Waals surface area contributed by atoms with E-state index < -0.39 is 9.84 Å². The summed E-state index contributed by atoms with van der Waals surface area (Å²) >= 11 is 7.66. The van der Waals surface area contributed by atoms with Crippen molar-refractivity contribution in [3.8, 4) is 0 Å². The minimum Gasteiger partial charge on any atom is -0.367 e. The molecule has 6 nitrogen and oxygen atoms in total. The summed E-state index contributed by atoms with van der Waals surface area (Å²) in [5.74, 6) is -0.335. The molecule has 9 heteroatoms. The zero-order chi connectivity index (χ0) is 21.3. The highest BCUT2D eigenvalue weighted by atomic mass is 35.5. The van der Waals surface area contributed by atoms with Gasteiger partial charge in [0.15, 0.2) is 9.84 Å². The predicted molar refractivity (Wildman–Crippen MR) is 121 cm³/mol. The fourth-order valence-electron chi connectivity index (χ4n) is 3.80. The zero-order valence-electron chi connectivity index (χ0n) is 16.5. The molecule has 2 heterocycles. The number of thiazole rings is 1. The van der Waals surface area contributed by atoms with Gasteiger partial charge in [-0.3, -0.25) is 4.79 Å². The molecule has 30 heavy (non-hydrogen) atoms. The molecule has 3 aromatic rings. The number of nitrogens with zero attached hydrogens (tertiary/aromatic N) is 3. The van der Waals surface area contributed by atoms with Crippen LogP contribution < -0.4 is 4.90 Å². The van der Waals surface area contributed by atoms with Crippen LogP contribution in [0, 0.1) is 6.92 Å². The highest BCUT2D eigenvalue weighted by Crippen LogP contribution is 2.30. The molecule has 1 aliphatic heterocycles. The van der Waals surface area contributed by atoms with Crippen LogP contribution in [0.15, 0.2) is 46.8 Å². The number of benzene rings is 2. The van der Waals surface area contributed by atoms with Crippen LogP contribution in [0.25, 0.3) is 10.2 Å². The number of halogens is 1. The quantitative estimate of drug-likeness (QED) is 0.576. The van der Waals surface area contributed by atoms with E-state index in [0.29, 0.717) is 41.4 Å². The summed E-state index contributed by atoms with van der Waals surface area (Å²) in [5, 5.41) is 0.707. The molecule has 0 saturated carbocycles. The highest BCUT2D eigenvalue weighted by molar-refractivity contribution is 7.91. The summed E-state index contributed by atoms with van der Waals surface area (Å²) in [6.07, 6.45) is -0.0252. The molecule has 0 radical (unpaired) electrons. The minimum atomic E-state index is -3.56. The van der Waals surface area contributed by atoms with Crippen LogP contribution >= 0.6 is 22.9 Å². The number of aryl methyl sites for hydroxylation is 1. The van der Waals surface area contributed by atoms with Crippen molar-refractivity contribution in [1.29, 1.82) is 0 Å².